The number of pyridine rings is 1. The number of fused-ring (bicyclic) bond motifs is 3. The van der Waals surface area contributed by atoms with E-state index in [0.717, 1.165) is 38.3 Å². The number of piperidine rings is 3. The van der Waals surface area contributed by atoms with Crippen LogP contribution in [0.4, 0.5) is 13.2 Å². The molecule has 292 valence electrons. The Morgan fingerprint density at radius 1 is 0.964 bits per heavy atom. The Labute approximate surface area is 326 Å². The van der Waals surface area contributed by atoms with Crippen molar-refractivity contribution in [2.45, 2.75) is 70.6 Å². The van der Waals surface area contributed by atoms with Gasteiger partial charge in [-0.05, 0) is 87.2 Å². The standard InChI is InChI=1S/C40H40Cl2F3N3O7/c1-23(2)52-35-17-26(10-11-33(35)55-40(44)45)34(18-29-30(41)20-48(51)21-31(29)42)53-38(49)27-7-5-6-24(16-27)19-46-37(28-8-3-4-9-32(28)43)39(50)54-36-22-47-14-12-25(36)13-15-47/h3-11,16-17,20-21,23,25,34,36-37,40,46H,12-15,18-19,22H2,1-2H3/t34-,36-,37?/m0/s1. The van der Waals surface area contributed by atoms with Crippen LogP contribution in [0, 0.1) is 16.9 Å². The van der Waals surface area contributed by atoms with Crippen molar-refractivity contribution >= 4 is 35.1 Å². The first-order valence-electron chi connectivity index (χ1n) is 17.9. The highest BCUT2D eigenvalue weighted by atomic mass is 35.5. The van der Waals surface area contributed by atoms with Crippen molar-refractivity contribution in [1.29, 1.82) is 0 Å². The Hall–Kier alpha value is -4.56. The van der Waals surface area contributed by atoms with E-state index in [1.165, 1.54) is 36.4 Å². The molecule has 1 unspecified atom stereocenters. The molecule has 7 rings (SSSR count). The molecule has 0 spiro atoms. The summed E-state index contributed by atoms with van der Waals surface area (Å²) >= 11 is 12.8. The van der Waals surface area contributed by atoms with Crippen LogP contribution in [0.15, 0.2) is 79.1 Å². The molecule has 55 heavy (non-hydrogen) atoms. The van der Waals surface area contributed by atoms with Gasteiger partial charge in [-0.1, -0.05) is 59.6 Å². The van der Waals surface area contributed by atoms with E-state index in [2.05, 4.69) is 15.0 Å². The molecule has 3 fully saturated rings. The van der Waals surface area contributed by atoms with Gasteiger partial charge in [0.1, 0.15) is 34.1 Å². The molecule has 15 heteroatoms. The number of aromatic nitrogens is 1. The second-order valence-corrected chi connectivity index (χ2v) is 14.6. The molecule has 2 bridgehead atoms. The van der Waals surface area contributed by atoms with E-state index < -0.39 is 42.6 Å². The Morgan fingerprint density at radius 3 is 2.35 bits per heavy atom. The summed E-state index contributed by atoms with van der Waals surface area (Å²) in [7, 11) is 0. The predicted octanol–water partition coefficient (Wildman–Crippen LogP) is 7.76. The van der Waals surface area contributed by atoms with Gasteiger partial charge in [0.25, 0.3) is 0 Å². The van der Waals surface area contributed by atoms with Gasteiger partial charge in [0.2, 0.25) is 0 Å². The van der Waals surface area contributed by atoms with Crippen LogP contribution >= 0.6 is 23.2 Å². The molecule has 3 saturated heterocycles. The van der Waals surface area contributed by atoms with Crippen molar-refractivity contribution < 1.29 is 46.4 Å². The third-order valence-corrected chi connectivity index (χ3v) is 10.3. The number of nitrogens with zero attached hydrogens (tertiary/aromatic N) is 2. The minimum Gasteiger partial charge on any atom is -0.619 e. The van der Waals surface area contributed by atoms with Crippen LogP contribution in [0.1, 0.15) is 71.4 Å². The first-order valence-corrected chi connectivity index (χ1v) is 18.6. The number of nitrogens with one attached hydrogen (secondary N) is 1. The summed E-state index contributed by atoms with van der Waals surface area (Å²) in [5, 5.41) is 15.1. The number of benzene rings is 3. The van der Waals surface area contributed by atoms with Gasteiger partial charge >= 0.3 is 18.6 Å². The second-order valence-electron chi connectivity index (χ2n) is 13.8. The van der Waals surface area contributed by atoms with Crippen molar-refractivity contribution in [1.82, 2.24) is 10.2 Å². The van der Waals surface area contributed by atoms with Crippen LogP contribution in [0.3, 0.4) is 0 Å². The first kappa shape index (κ1) is 40.1. The number of carbonyl (C=O) groups is 2. The normalized spacial score (nSPS) is 18.9. The summed E-state index contributed by atoms with van der Waals surface area (Å²) < 4.78 is 64.4. The van der Waals surface area contributed by atoms with Crippen molar-refractivity contribution in [2.75, 3.05) is 19.6 Å². The van der Waals surface area contributed by atoms with E-state index in [0.29, 0.717) is 28.0 Å². The zero-order valence-electron chi connectivity index (χ0n) is 30.1. The molecular formula is C40H40Cl2F3N3O7. The Kier molecular flexibility index (Phi) is 13.1. The van der Waals surface area contributed by atoms with Crippen LogP contribution in [-0.4, -0.2) is 55.3 Å². The minimum absolute atomic E-state index is 0.0130. The van der Waals surface area contributed by atoms with Gasteiger partial charge < -0.3 is 24.2 Å². The molecule has 3 aliphatic rings. The first-order chi connectivity index (χ1) is 26.3. The molecule has 3 atom stereocenters. The maximum absolute atomic E-state index is 15.1. The van der Waals surface area contributed by atoms with Crippen LogP contribution in [0.5, 0.6) is 11.5 Å². The summed E-state index contributed by atoms with van der Waals surface area (Å²) in [6.07, 6.45) is 2.19. The van der Waals surface area contributed by atoms with Crippen LogP contribution < -0.4 is 19.5 Å². The lowest BCUT2D eigenvalue weighted by Gasteiger charge is -2.44. The average molecular weight is 803 g/mol. The Morgan fingerprint density at radius 2 is 1.69 bits per heavy atom. The second kappa shape index (κ2) is 17.9. The Balaban J connectivity index is 1.24. The lowest BCUT2D eigenvalue weighted by molar-refractivity contribution is -0.605. The summed E-state index contributed by atoms with van der Waals surface area (Å²) in [6.45, 7) is 2.95. The maximum Gasteiger partial charge on any atom is 0.387 e. The summed E-state index contributed by atoms with van der Waals surface area (Å²) in [6, 6.07) is 15.5. The number of halogens is 5. The van der Waals surface area contributed by atoms with Crippen molar-refractivity contribution in [3.8, 4) is 11.5 Å². The van der Waals surface area contributed by atoms with Crippen molar-refractivity contribution in [2.24, 2.45) is 5.92 Å². The number of hydrogen-bond acceptors (Lipinski definition) is 9. The van der Waals surface area contributed by atoms with E-state index >= 15 is 4.39 Å². The maximum atomic E-state index is 15.1. The van der Waals surface area contributed by atoms with Crippen molar-refractivity contribution in [3.05, 3.63) is 128 Å². The largest absolute Gasteiger partial charge is 0.619 e. The average Bonchev–Trinajstić information content (AvgIpc) is 3.14. The number of carbonyl (C=O) groups excluding carboxylic acids is 2. The predicted molar refractivity (Wildman–Crippen MR) is 198 cm³/mol. The van der Waals surface area contributed by atoms with Crippen LogP contribution in [0.25, 0.3) is 0 Å². The van der Waals surface area contributed by atoms with E-state index in [1.54, 1.807) is 44.2 Å². The highest BCUT2D eigenvalue weighted by Gasteiger charge is 2.38. The van der Waals surface area contributed by atoms with Gasteiger partial charge in [0, 0.05) is 30.6 Å². The molecule has 0 radical (unpaired) electrons. The fourth-order valence-corrected chi connectivity index (χ4v) is 7.52. The molecule has 0 aliphatic carbocycles. The molecule has 3 aliphatic heterocycles. The van der Waals surface area contributed by atoms with Gasteiger partial charge in [-0.25, -0.2) is 14.0 Å². The number of rotatable bonds is 15. The number of hydrogen-bond donors (Lipinski definition) is 1. The van der Waals surface area contributed by atoms with Gasteiger partial charge in [0.05, 0.1) is 11.7 Å². The summed E-state index contributed by atoms with van der Waals surface area (Å²) in [4.78, 5) is 29.7. The van der Waals surface area contributed by atoms with Crippen LogP contribution in [-0.2, 0) is 27.2 Å². The molecule has 4 heterocycles. The third-order valence-electron chi connectivity index (χ3n) is 9.60. The molecule has 0 saturated carbocycles. The van der Waals surface area contributed by atoms with Crippen molar-refractivity contribution in [3.63, 3.8) is 0 Å². The monoisotopic (exact) mass is 801 g/mol. The zero-order chi connectivity index (χ0) is 39.2. The molecule has 1 N–H and O–H groups in total. The fourth-order valence-electron chi connectivity index (χ4n) is 6.92. The Bertz CT molecular complexity index is 1970. The quantitative estimate of drug-likeness (QED) is 0.0733. The number of esters is 2. The van der Waals surface area contributed by atoms with Crippen LogP contribution in [0.2, 0.25) is 10.0 Å². The van der Waals surface area contributed by atoms with Gasteiger partial charge in [-0.3, -0.25) is 10.2 Å². The van der Waals surface area contributed by atoms with E-state index in [-0.39, 0.29) is 57.7 Å². The van der Waals surface area contributed by atoms with Gasteiger partial charge in [0.15, 0.2) is 23.9 Å². The number of ether oxygens (including phenoxy) is 4. The molecule has 3 aromatic carbocycles. The molecule has 1 aromatic heterocycles. The van der Waals surface area contributed by atoms with E-state index in [1.807, 2.05) is 0 Å². The molecular weight excluding hydrogens is 762 g/mol. The summed E-state index contributed by atoms with van der Waals surface area (Å²) in [5.74, 6) is -1.89. The molecule has 0 amide bonds. The number of alkyl halides is 2. The summed E-state index contributed by atoms with van der Waals surface area (Å²) in [5.41, 5.74) is 1.50. The lowest BCUT2D eigenvalue weighted by Crippen LogP contribution is -2.52. The topological polar surface area (TPSA) is 113 Å². The van der Waals surface area contributed by atoms with E-state index in [9.17, 15) is 23.6 Å². The fraction of sp³-hybridized carbons (Fsp3) is 0.375. The minimum atomic E-state index is -3.12. The third kappa shape index (κ3) is 10.2. The highest BCUT2D eigenvalue weighted by Crippen LogP contribution is 2.37. The highest BCUT2D eigenvalue weighted by molar-refractivity contribution is 6.35. The zero-order valence-corrected chi connectivity index (χ0v) is 31.6. The van der Waals surface area contributed by atoms with Gasteiger partial charge in [-0.2, -0.15) is 13.5 Å². The molecule has 4 aromatic rings. The van der Waals surface area contributed by atoms with E-state index in [4.69, 9.17) is 37.4 Å². The SMILES string of the molecule is CC(C)Oc1cc([C@H](Cc2c(Cl)c[n+]([O-])cc2Cl)OC(=O)c2cccc(CNC(C(=O)O[C@H]3CN4CCC3CC4)c3ccccc3F)c2)ccc1OC(F)F. The van der Waals surface area contributed by atoms with Gasteiger partial charge in [-0.15, -0.1) is 0 Å². The lowest BCUT2D eigenvalue weighted by atomic mass is 9.86. The molecule has 10 nitrogen and oxygen atoms in total. The smallest absolute Gasteiger partial charge is 0.387 e.